The van der Waals surface area contributed by atoms with Crippen LogP contribution >= 0.6 is 11.3 Å². The van der Waals surface area contributed by atoms with E-state index in [-0.39, 0.29) is 18.2 Å². The maximum absolute atomic E-state index is 12.9. The fraction of sp³-hybridized carbons (Fsp3) is 0.190. The van der Waals surface area contributed by atoms with Crippen molar-refractivity contribution in [2.75, 3.05) is 19.0 Å². The van der Waals surface area contributed by atoms with E-state index in [0.29, 0.717) is 29.4 Å². The van der Waals surface area contributed by atoms with Crippen LogP contribution in [-0.2, 0) is 17.6 Å². The van der Waals surface area contributed by atoms with Gasteiger partial charge in [-0.25, -0.2) is 9.37 Å². The summed E-state index contributed by atoms with van der Waals surface area (Å²) < 4.78 is 18.1. The molecule has 6 nitrogen and oxygen atoms in total. The number of hydrogen-bond acceptors (Lipinski definition) is 5. The molecule has 0 saturated carbocycles. The number of rotatable bonds is 8. The fourth-order valence-electron chi connectivity index (χ4n) is 2.62. The second kappa shape index (κ2) is 9.79. The van der Waals surface area contributed by atoms with Gasteiger partial charge in [0.25, 0.3) is 5.91 Å². The molecule has 29 heavy (non-hydrogen) atoms. The fourth-order valence-corrected chi connectivity index (χ4v) is 3.32. The molecule has 0 atom stereocenters. The van der Waals surface area contributed by atoms with E-state index in [1.165, 1.54) is 35.6 Å². The maximum atomic E-state index is 12.9. The molecule has 0 saturated heterocycles. The van der Waals surface area contributed by atoms with Crippen LogP contribution in [0.1, 0.15) is 21.6 Å². The zero-order valence-corrected chi connectivity index (χ0v) is 16.6. The molecule has 3 aromatic rings. The van der Waals surface area contributed by atoms with Gasteiger partial charge in [-0.1, -0.05) is 12.1 Å². The second-order valence-corrected chi connectivity index (χ2v) is 7.09. The van der Waals surface area contributed by atoms with Gasteiger partial charge in [0.2, 0.25) is 5.91 Å². The molecular formula is C21H20FN3O3S. The molecule has 0 radical (unpaired) electrons. The highest BCUT2D eigenvalue weighted by Gasteiger charge is 2.11. The zero-order chi connectivity index (χ0) is 20.6. The number of nitrogens with one attached hydrogen (secondary N) is 2. The minimum atomic E-state index is -0.407. The summed E-state index contributed by atoms with van der Waals surface area (Å²) >= 11 is 1.23. The van der Waals surface area contributed by atoms with E-state index in [2.05, 4.69) is 15.6 Å². The zero-order valence-electron chi connectivity index (χ0n) is 15.8. The number of amides is 2. The van der Waals surface area contributed by atoms with E-state index in [1.807, 2.05) is 24.3 Å². The Morgan fingerprint density at radius 2 is 1.97 bits per heavy atom. The molecule has 2 N–H and O–H groups in total. The smallest absolute Gasteiger partial charge is 0.257 e. The molecule has 0 bridgehead atoms. The van der Waals surface area contributed by atoms with Crippen molar-refractivity contribution < 1.29 is 18.7 Å². The van der Waals surface area contributed by atoms with Crippen LogP contribution in [0.15, 0.2) is 53.9 Å². The summed E-state index contributed by atoms with van der Waals surface area (Å²) in [6.45, 7) is 0.504. The highest BCUT2D eigenvalue weighted by atomic mass is 32.1. The Morgan fingerprint density at radius 3 is 2.72 bits per heavy atom. The summed E-state index contributed by atoms with van der Waals surface area (Å²) in [6.07, 6.45) is 0.819. The highest BCUT2D eigenvalue weighted by Crippen LogP contribution is 2.17. The lowest BCUT2D eigenvalue weighted by molar-refractivity contribution is -0.120. The van der Waals surface area contributed by atoms with Crippen LogP contribution in [-0.4, -0.2) is 30.5 Å². The van der Waals surface area contributed by atoms with Crippen LogP contribution in [0.5, 0.6) is 5.75 Å². The lowest BCUT2D eigenvalue weighted by Crippen LogP contribution is -2.27. The summed E-state index contributed by atoms with van der Waals surface area (Å²) in [5.41, 5.74) is 1.98. The van der Waals surface area contributed by atoms with Crippen molar-refractivity contribution in [3.8, 4) is 5.75 Å². The molecule has 1 aromatic heterocycles. The van der Waals surface area contributed by atoms with Gasteiger partial charge < -0.3 is 10.1 Å². The Morgan fingerprint density at radius 1 is 1.17 bits per heavy atom. The van der Waals surface area contributed by atoms with Crippen molar-refractivity contribution in [3.63, 3.8) is 0 Å². The lowest BCUT2D eigenvalue weighted by Gasteiger charge is -2.06. The first kappa shape index (κ1) is 20.5. The first-order valence-electron chi connectivity index (χ1n) is 8.94. The number of anilines is 1. The first-order valence-corrected chi connectivity index (χ1v) is 9.82. The van der Waals surface area contributed by atoms with Gasteiger partial charge >= 0.3 is 0 Å². The Bertz CT molecular complexity index is 989. The molecule has 1 heterocycles. The molecular weight excluding hydrogens is 393 g/mol. The lowest BCUT2D eigenvalue weighted by atomic mass is 10.1. The Balaban J connectivity index is 1.45. The predicted molar refractivity (Wildman–Crippen MR) is 110 cm³/mol. The molecule has 8 heteroatoms. The van der Waals surface area contributed by atoms with Crippen molar-refractivity contribution >= 4 is 28.3 Å². The summed E-state index contributed by atoms with van der Waals surface area (Å²) in [6, 6.07) is 12.9. The maximum Gasteiger partial charge on any atom is 0.257 e. The van der Waals surface area contributed by atoms with Gasteiger partial charge in [-0.15, -0.1) is 11.3 Å². The third-order valence-corrected chi connectivity index (χ3v) is 4.90. The minimum Gasteiger partial charge on any atom is -0.497 e. The van der Waals surface area contributed by atoms with Gasteiger partial charge in [0.15, 0.2) is 5.13 Å². The largest absolute Gasteiger partial charge is 0.497 e. The summed E-state index contributed by atoms with van der Waals surface area (Å²) in [5, 5.41) is 7.62. The number of aromatic nitrogens is 1. The van der Waals surface area contributed by atoms with Gasteiger partial charge in [-0.05, 0) is 48.4 Å². The van der Waals surface area contributed by atoms with Crippen molar-refractivity contribution in [2.24, 2.45) is 0 Å². The molecule has 0 fully saturated rings. The SMILES string of the molecule is COc1cccc(CCNC(=O)Cc2csc(NC(=O)c3ccc(F)cc3)n2)c1. The molecule has 0 spiro atoms. The van der Waals surface area contributed by atoms with E-state index in [0.717, 1.165) is 11.3 Å². The van der Waals surface area contributed by atoms with Crippen LogP contribution in [0.4, 0.5) is 9.52 Å². The number of carbonyl (C=O) groups excluding carboxylic acids is 2. The Hall–Kier alpha value is -3.26. The molecule has 0 aliphatic rings. The molecule has 2 aromatic carbocycles. The first-order chi connectivity index (χ1) is 14.0. The number of thiazole rings is 1. The number of methoxy groups -OCH3 is 1. The van der Waals surface area contributed by atoms with Gasteiger partial charge in [0, 0.05) is 17.5 Å². The number of halogens is 1. The quantitative estimate of drug-likeness (QED) is 0.593. The molecule has 0 aliphatic carbocycles. The van der Waals surface area contributed by atoms with E-state index in [1.54, 1.807) is 12.5 Å². The van der Waals surface area contributed by atoms with E-state index in [4.69, 9.17) is 4.74 Å². The number of hydrogen-bond donors (Lipinski definition) is 2. The number of ether oxygens (including phenoxy) is 1. The second-order valence-electron chi connectivity index (χ2n) is 6.23. The third-order valence-electron chi connectivity index (χ3n) is 4.09. The Labute approximate surface area is 171 Å². The van der Waals surface area contributed by atoms with E-state index >= 15 is 0 Å². The highest BCUT2D eigenvalue weighted by molar-refractivity contribution is 7.14. The Kier molecular flexibility index (Phi) is 6.91. The molecule has 0 unspecified atom stereocenters. The van der Waals surface area contributed by atoms with Gasteiger partial charge in [-0.2, -0.15) is 0 Å². The molecule has 0 aliphatic heterocycles. The van der Waals surface area contributed by atoms with Crippen molar-refractivity contribution in [3.05, 3.63) is 76.5 Å². The van der Waals surface area contributed by atoms with Gasteiger partial charge in [0.1, 0.15) is 11.6 Å². The number of carbonyl (C=O) groups is 2. The predicted octanol–water partition coefficient (Wildman–Crippen LogP) is 3.44. The van der Waals surface area contributed by atoms with Gasteiger partial charge in [0.05, 0.1) is 19.2 Å². The van der Waals surface area contributed by atoms with Crippen molar-refractivity contribution in [1.82, 2.24) is 10.3 Å². The minimum absolute atomic E-state index is 0.126. The number of nitrogens with zero attached hydrogens (tertiary/aromatic N) is 1. The van der Waals surface area contributed by atoms with Crippen LogP contribution in [0.2, 0.25) is 0 Å². The number of benzene rings is 2. The molecule has 2 amide bonds. The monoisotopic (exact) mass is 413 g/mol. The topological polar surface area (TPSA) is 80.3 Å². The standard InChI is InChI=1S/C21H20FN3O3S/c1-28-18-4-2-3-14(11-18)9-10-23-19(26)12-17-13-29-21(24-17)25-20(27)15-5-7-16(22)8-6-15/h2-8,11,13H,9-10,12H2,1H3,(H,23,26)(H,24,25,27). The summed E-state index contributed by atoms with van der Waals surface area (Å²) in [7, 11) is 1.62. The van der Waals surface area contributed by atoms with E-state index in [9.17, 15) is 14.0 Å². The van der Waals surface area contributed by atoms with Gasteiger partial charge in [-0.3, -0.25) is 14.9 Å². The van der Waals surface area contributed by atoms with Crippen LogP contribution < -0.4 is 15.4 Å². The average molecular weight is 413 g/mol. The van der Waals surface area contributed by atoms with Crippen molar-refractivity contribution in [2.45, 2.75) is 12.8 Å². The summed E-state index contributed by atoms with van der Waals surface area (Å²) in [4.78, 5) is 28.5. The van der Waals surface area contributed by atoms with E-state index < -0.39 is 5.82 Å². The van der Waals surface area contributed by atoms with Crippen LogP contribution in [0, 0.1) is 5.82 Å². The normalized spacial score (nSPS) is 10.4. The van der Waals surface area contributed by atoms with Crippen molar-refractivity contribution in [1.29, 1.82) is 0 Å². The molecule has 150 valence electrons. The average Bonchev–Trinajstić information content (AvgIpc) is 3.15. The molecule has 3 rings (SSSR count). The summed E-state index contributed by atoms with van der Waals surface area (Å²) in [5.74, 6) is -0.148. The third kappa shape index (κ3) is 6.11. The van der Waals surface area contributed by atoms with Crippen LogP contribution in [0.3, 0.4) is 0 Å². The van der Waals surface area contributed by atoms with Crippen LogP contribution in [0.25, 0.3) is 0 Å².